The Morgan fingerprint density at radius 1 is 1.30 bits per heavy atom. The van der Waals surface area contributed by atoms with Gasteiger partial charge in [-0.15, -0.1) is 5.92 Å². The summed E-state index contributed by atoms with van der Waals surface area (Å²) in [6, 6.07) is 0. The van der Waals surface area contributed by atoms with E-state index in [0.29, 0.717) is 0 Å². The highest BCUT2D eigenvalue weighted by atomic mass is 13.6. The molecule has 0 aliphatic heterocycles. The highest BCUT2D eigenvalue weighted by molar-refractivity contribution is 6.37. The summed E-state index contributed by atoms with van der Waals surface area (Å²) in [4.78, 5) is 0. The van der Waals surface area contributed by atoms with Gasteiger partial charge in [0, 0.05) is 2.74 Å². The maximum absolute atomic E-state index is 6.90. The normalized spacial score (nSPS) is 9.60. The molecule has 0 heterocycles. The predicted molar refractivity (Wildman–Crippen MR) is 44.3 cm³/mol. The maximum atomic E-state index is 6.90. The fourth-order valence-electron chi connectivity index (χ4n) is 0.210. The molecule has 0 amide bonds. The second-order valence-electron chi connectivity index (χ2n) is 1.26. The molecule has 0 aromatic rings. The monoisotopic (exact) mass is 126 g/mol. The van der Waals surface area contributed by atoms with Crippen molar-refractivity contribution in [3.63, 3.8) is 0 Å². The summed E-state index contributed by atoms with van der Waals surface area (Å²) in [5.41, 5.74) is -1.75. The second kappa shape index (κ2) is 5.94. The Morgan fingerprint density at radius 2 is 2.00 bits per heavy atom. The van der Waals surface area contributed by atoms with E-state index in [4.69, 9.17) is 18.4 Å². The largest absolute Gasteiger partial charge is 0.105 e. The average Bonchev–Trinajstić information content (AvgIpc) is 1.94. The van der Waals surface area contributed by atoms with Crippen LogP contribution in [0.25, 0.3) is 0 Å². The molecule has 0 bridgehead atoms. The van der Waals surface area contributed by atoms with E-state index >= 15 is 0 Å². The predicted octanol–water partition coefficient (Wildman–Crippen LogP) is 0.0995. The molecule has 0 atom stereocenters. The summed E-state index contributed by atoms with van der Waals surface area (Å²) in [5, 5.41) is 0. The van der Waals surface area contributed by atoms with Gasteiger partial charge in [0.2, 0.25) is 0 Å². The summed E-state index contributed by atoms with van der Waals surface area (Å²) in [6.45, 7) is 0.0122. The summed E-state index contributed by atoms with van der Waals surface area (Å²) in [6.07, 6.45) is 0. The van der Waals surface area contributed by atoms with Crippen molar-refractivity contribution in [1.82, 2.24) is 0 Å². The Labute approximate surface area is 67.4 Å². The van der Waals surface area contributed by atoms with Crippen molar-refractivity contribution in [2.45, 2.75) is 12.6 Å². The highest BCUT2D eigenvalue weighted by Crippen LogP contribution is 1.80. The quantitative estimate of drug-likeness (QED) is 0.318. The van der Waals surface area contributed by atoms with Crippen LogP contribution in [-0.4, -0.2) is 15.7 Å². The van der Waals surface area contributed by atoms with Gasteiger partial charge < -0.3 is 0 Å². The molecule has 42 valence electrons. The SMILES string of the molecule is [3H]CC#CC#CC#CC([3H])([B])[B]. The van der Waals surface area contributed by atoms with Crippen molar-refractivity contribution in [2.75, 3.05) is 0 Å². The zero-order valence-electron chi connectivity index (χ0n) is 7.36. The maximum Gasteiger partial charge on any atom is 0.0745 e. The minimum absolute atomic E-state index is 0.0122. The van der Waals surface area contributed by atoms with Gasteiger partial charge in [0.05, 0.1) is 15.7 Å². The van der Waals surface area contributed by atoms with Crippen molar-refractivity contribution in [3.05, 3.63) is 0 Å². The van der Waals surface area contributed by atoms with Crippen molar-refractivity contribution < 1.29 is 2.74 Å². The Bertz CT molecular complexity index is 309. The first-order valence-corrected chi connectivity index (χ1v) is 2.43. The van der Waals surface area contributed by atoms with Crippen LogP contribution >= 0.6 is 0 Å². The molecular weight excluding hydrogens is 118 g/mol. The summed E-state index contributed by atoms with van der Waals surface area (Å²) in [5.74, 6) is 13.9. The highest BCUT2D eigenvalue weighted by Gasteiger charge is 1.77. The lowest BCUT2D eigenvalue weighted by atomic mass is 9.72. The zero-order valence-corrected chi connectivity index (χ0v) is 5.36. The van der Waals surface area contributed by atoms with E-state index in [2.05, 4.69) is 35.5 Å². The van der Waals surface area contributed by atoms with E-state index in [1.54, 1.807) is 0 Å². The molecule has 0 saturated heterocycles. The third kappa shape index (κ3) is 6.81. The average molecular weight is 126 g/mol. The van der Waals surface area contributed by atoms with Crippen molar-refractivity contribution in [2.24, 2.45) is 0 Å². The lowest BCUT2D eigenvalue weighted by Crippen LogP contribution is -1.82. The standard InChI is InChI=1S/C8H4B2/c1-2-3-4-5-6-7-8(9)10/h8H,1H3/i1T,8T. The first kappa shape index (κ1) is 5.58. The first-order chi connectivity index (χ1) is 5.56. The summed E-state index contributed by atoms with van der Waals surface area (Å²) in [7, 11) is 10.0. The van der Waals surface area contributed by atoms with E-state index < -0.39 is 5.69 Å². The molecule has 0 aromatic heterocycles. The molecule has 0 unspecified atom stereocenters. The van der Waals surface area contributed by atoms with Crippen LogP contribution < -0.4 is 0 Å². The van der Waals surface area contributed by atoms with Gasteiger partial charge in [-0.05, 0) is 30.6 Å². The van der Waals surface area contributed by atoms with Crippen molar-refractivity contribution in [1.29, 1.82) is 0 Å². The Hall–Kier alpha value is -1.19. The van der Waals surface area contributed by atoms with Crippen LogP contribution in [0.2, 0.25) is 5.69 Å². The molecule has 2 heteroatoms. The van der Waals surface area contributed by atoms with E-state index in [0.717, 1.165) is 0 Å². The van der Waals surface area contributed by atoms with Gasteiger partial charge >= 0.3 is 0 Å². The zero-order chi connectivity index (χ0) is 9.45. The van der Waals surface area contributed by atoms with Crippen LogP contribution in [-0.2, 0) is 0 Å². The number of rotatable bonds is 0. The molecule has 10 heavy (non-hydrogen) atoms. The summed E-state index contributed by atoms with van der Waals surface area (Å²) < 4.78 is 13.5. The lowest BCUT2D eigenvalue weighted by Gasteiger charge is -1.81. The van der Waals surface area contributed by atoms with Crippen LogP contribution in [0.15, 0.2) is 0 Å². The van der Waals surface area contributed by atoms with Gasteiger partial charge in [-0.1, -0.05) is 11.6 Å². The third-order valence-corrected chi connectivity index (χ3v) is 0.483. The molecule has 0 nitrogen and oxygen atoms in total. The van der Waals surface area contributed by atoms with E-state index in [9.17, 15) is 0 Å². The fraction of sp³-hybridized carbons (Fsp3) is 0.250. The molecular formula is C8H4B2. The molecule has 0 rings (SSSR count). The van der Waals surface area contributed by atoms with E-state index in [-0.39, 0.29) is 6.90 Å². The second-order valence-corrected chi connectivity index (χ2v) is 1.26. The third-order valence-electron chi connectivity index (χ3n) is 0.483. The minimum Gasteiger partial charge on any atom is -0.105 e. The van der Waals surface area contributed by atoms with E-state index in [1.165, 1.54) is 0 Å². The summed E-state index contributed by atoms with van der Waals surface area (Å²) >= 11 is 0. The molecule has 0 spiro atoms. The molecule has 0 N–H and O–H groups in total. The first-order valence-electron chi connectivity index (χ1n) is 3.64. The van der Waals surface area contributed by atoms with Crippen molar-refractivity contribution in [3.8, 4) is 35.5 Å². The lowest BCUT2D eigenvalue weighted by molar-refractivity contribution is 1.70. The molecule has 0 aromatic carbocycles. The number of hydrogen-bond acceptors (Lipinski definition) is 0. The topological polar surface area (TPSA) is 0 Å². The minimum atomic E-state index is -1.75. The van der Waals surface area contributed by atoms with Crippen LogP contribution in [0, 0.1) is 35.5 Å². The van der Waals surface area contributed by atoms with Gasteiger partial charge in [-0.3, -0.25) is 0 Å². The number of hydrogen-bond donors (Lipinski definition) is 0. The van der Waals surface area contributed by atoms with Crippen LogP contribution in [0.1, 0.15) is 9.64 Å². The van der Waals surface area contributed by atoms with Gasteiger partial charge in [-0.25, -0.2) is 0 Å². The smallest absolute Gasteiger partial charge is 0.0745 e. The fourth-order valence-corrected chi connectivity index (χ4v) is 0.210. The van der Waals surface area contributed by atoms with Gasteiger partial charge in [0.25, 0.3) is 0 Å². The van der Waals surface area contributed by atoms with Crippen LogP contribution in [0.3, 0.4) is 0 Å². The molecule has 0 aliphatic carbocycles. The molecule has 0 saturated carbocycles. The Kier molecular flexibility index (Phi) is 3.32. The van der Waals surface area contributed by atoms with Crippen LogP contribution in [0.5, 0.6) is 0 Å². The molecule has 0 fully saturated rings. The van der Waals surface area contributed by atoms with E-state index in [1.807, 2.05) is 0 Å². The Balaban J connectivity index is 4.08. The Morgan fingerprint density at radius 3 is 2.60 bits per heavy atom. The van der Waals surface area contributed by atoms with Gasteiger partial charge in [0.1, 0.15) is 0 Å². The molecule has 0 aliphatic rings. The van der Waals surface area contributed by atoms with Gasteiger partial charge in [-0.2, -0.15) is 0 Å². The van der Waals surface area contributed by atoms with Crippen LogP contribution in [0.4, 0.5) is 0 Å². The van der Waals surface area contributed by atoms with Crippen molar-refractivity contribution >= 4 is 15.7 Å². The molecule has 4 radical (unpaired) electrons. The van der Waals surface area contributed by atoms with Gasteiger partial charge in [0.15, 0.2) is 0 Å².